The van der Waals surface area contributed by atoms with Gasteiger partial charge in [0.25, 0.3) is 5.91 Å². The number of pyridine rings is 1. The van der Waals surface area contributed by atoms with E-state index < -0.39 is 11.7 Å². The van der Waals surface area contributed by atoms with Crippen molar-refractivity contribution in [1.29, 1.82) is 5.26 Å². The number of halogens is 1. The quantitative estimate of drug-likeness (QED) is 0.387. The summed E-state index contributed by atoms with van der Waals surface area (Å²) in [7, 11) is 0. The zero-order chi connectivity index (χ0) is 23.3. The van der Waals surface area contributed by atoms with E-state index in [0.717, 1.165) is 12.8 Å². The molecule has 0 bridgehead atoms. The van der Waals surface area contributed by atoms with Crippen molar-refractivity contribution in [2.45, 2.75) is 32.2 Å². The molecule has 0 aliphatic carbocycles. The van der Waals surface area contributed by atoms with Crippen LogP contribution in [0.2, 0.25) is 0 Å². The average molecular weight is 437 g/mol. The summed E-state index contributed by atoms with van der Waals surface area (Å²) in [6.07, 6.45) is 5.55. The maximum atomic E-state index is 13.6. The highest BCUT2D eigenvalue weighted by atomic mass is 19.1. The van der Waals surface area contributed by atoms with Crippen LogP contribution in [0.25, 0.3) is 5.65 Å². The molecule has 2 aromatic heterocycles. The van der Waals surface area contributed by atoms with Gasteiger partial charge < -0.3 is 16.0 Å². The molecule has 2 amide bonds. The Morgan fingerprint density at radius 1 is 1.50 bits per heavy atom. The van der Waals surface area contributed by atoms with Crippen molar-refractivity contribution in [3.63, 3.8) is 0 Å². The van der Waals surface area contributed by atoms with Gasteiger partial charge in [0.2, 0.25) is 5.91 Å². The molecule has 1 unspecified atom stereocenters. The third-order valence-electron chi connectivity index (χ3n) is 5.20. The van der Waals surface area contributed by atoms with Crippen LogP contribution in [-0.2, 0) is 9.59 Å². The molecular weight excluding hydrogens is 413 g/mol. The van der Waals surface area contributed by atoms with Gasteiger partial charge in [-0.15, -0.1) is 0 Å². The number of amides is 2. The van der Waals surface area contributed by atoms with Crippen molar-refractivity contribution in [2.24, 2.45) is 10.7 Å². The van der Waals surface area contributed by atoms with Crippen LogP contribution in [0.5, 0.6) is 0 Å². The third kappa shape index (κ3) is 5.18. The lowest BCUT2D eigenvalue weighted by Crippen LogP contribution is -2.48. The highest BCUT2D eigenvalue weighted by molar-refractivity contribution is 6.00. The molecule has 3 heterocycles. The molecule has 9 nitrogen and oxygen atoms in total. The number of likely N-dealkylation sites (tertiary alicyclic amines) is 1. The number of nitrogens with one attached hydrogen (secondary N) is 1. The highest BCUT2D eigenvalue weighted by Gasteiger charge is 2.24. The van der Waals surface area contributed by atoms with Gasteiger partial charge in [0.05, 0.1) is 29.2 Å². The Morgan fingerprint density at radius 2 is 2.28 bits per heavy atom. The van der Waals surface area contributed by atoms with E-state index in [4.69, 9.17) is 11.0 Å². The van der Waals surface area contributed by atoms with Crippen molar-refractivity contribution in [3.8, 4) is 6.07 Å². The Morgan fingerprint density at radius 3 is 3.00 bits per heavy atom. The van der Waals surface area contributed by atoms with E-state index in [1.807, 2.05) is 6.07 Å². The molecule has 10 heteroatoms. The summed E-state index contributed by atoms with van der Waals surface area (Å²) >= 11 is 0. The van der Waals surface area contributed by atoms with Crippen molar-refractivity contribution >= 4 is 23.2 Å². The summed E-state index contributed by atoms with van der Waals surface area (Å²) in [5.74, 6) is -1.35. The summed E-state index contributed by atoms with van der Waals surface area (Å²) in [5, 5.41) is 11.9. The normalized spacial score (nSPS) is 17.2. The minimum absolute atomic E-state index is 0.0878. The van der Waals surface area contributed by atoms with Crippen molar-refractivity contribution in [1.82, 2.24) is 19.6 Å². The van der Waals surface area contributed by atoms with Crippen molar-refractivity contribution in [3.05, 3.63) is 60.1 Å². The largest absolute Gasteiger partial charge is 0.380 e. The van der Waals surface area contributed by atoms with Crippen LogP contribution in [0.1, 0.15) is 31.9 Å². The molecule has 1 atom stereocenters. The number of rotatable bonds is 7. The average Bonchev–Trinajstić information content (AvgIpc) is 3.17. The molecule has 1 fully saturated rings. The van der Waals surface area contributed by atoms with Gasteiger partial charge in [-0.3, -0.25) is 19.0 Å². The molecule has 3 rings (SSSR count). The molecule has 0 radical (unpaired) electrons. The maximum absolute atomic E-state index is 13.6. The van der Waals surface area contributed by atoms with Crippen LogP contribution in [0.4, 0.5) is 4.39 Å². The lowest BCUT2D eigenvalue weighted by atomic mass is 10.0. The smallest absolute Gasteiger partial charge is 0.252 e. The zero-order valence-corrected chi connectivity index (χ0v) is 17.7. The number of carbonyl (C=O) groups excluding carboxylic acids is 2. The van der Waals surface area contributed by atoms with Crippen LogP contribution < -0.4 is 11.1 Å². The molecule has 1 saturated heterocycles. The fourth-order valence-corrected chi connectivity index (χ4v) is 3.57. The van der Waals surface area contributed by atoms with Gasteiger partial charge in [-0.25, -0.2) is 9.37 Å². The van der Waals surface area contributed by atoms with Gasteiger partial charge >= 0.3 is 0 Å². The predicted octanol–water partition coefficient (Wildman–Crippen LogP) is 1.66. The number of piperidine rings is 1. The molecule has 0 spiro atoms. The molecule has 166 valence electrons. The Kier molecular flexibility index (Phi) is 7.00. The Balaban J connectivity index is 1.76. The first-order valence-corrected chi connectivity index (χ1v) is 10.1. The second-order valence-corrected chi connectivity index (χ2v) is 7.48. The minimum Gasteiger partial charge on any atom is -0.380 e. The van der Waals surface area contributed by atoms with E-state index in [9.17, 15) is 14.0 Å². The van der Waals surface area contributed by atoms with Crippen LogP contribution in [0, 0.1) is 17.1 Å². The Bertz CT molecular complexity index is 1160. The van der Waals surface area contributed by atoms with E-state index in [0.29, 0.717) is 30.1 Å². The molecule has 2 aromatic rings. The van der Waals surface area contributed by atoms with E-state index in [1.54, 1.807) is 28.5 Å². The first-order chi connectivity index (χ1) is 15.3. The summed E-state index contributed by atoms with van der Waals surface area (Å²) in [6.45, 7) is 6.61. The van der Waals surface area contributed by atoms with Crippen LogP contribution in [-0.4, -0.2) is 50.9 Å². The summed E-state index contributed by atoms with van der Waals surface area (Å²) < 4.78 is 15.2. The van der Waals surface area contributed by atoms with Gasteiger partial charge in [0.15, 0.2) is 0 Å². The predicted molar refractivity (Wildman–Crippen MR) is 117 cm³/mol. The van der Waals surface area contributed by atoms with Crippen LogP contribution in [0.3, 0.4) is 0 Å². The SMILES string of the molecule is C=C(NC1CCCN(C(=O)CC#N)C1)/C(=C\N=C(C)c1cnc2ccc(F)cn12)C(N)=O. The fourth-order valence-electron chi connectivity index (χ4n) is 3.57. The molecule has 0 saturated carbocycles. The highest BCUT2D eigenvalue weighted by Crippen LogP contribution is 2.15. The lowest BCUT2D eigenvalue weighted by molar-refractivity contribution is -0.131. The van der Waals surface area contributed by atoms with Crippen molar-refractivity contribution in [2.75, 3.05) is 13.1 Å². The first-order valence-electron chi connectivity index (χ1n) is 10.1. The number of aliphatic imine (C=N–C) groups is 1. The van der Waals surface area contributed by atoms with E-state index >= 15 is 0 Å². The van der Waals surface area contributed by atoms with Gasteiger partial charge in [-0.1, -0.05) is 6.58 Å². The number of primary amides is 1. The molecular formula is C22H24FN7O2. The molecule has 32 heavy (non-hydrogen) atoms. The Labute approximate surface area is 184 Å². The molecule has 1 aliphatic rings. The number of hydrogen-bond donors (Lipinski definition) is 2. The number of imidazole rings is 1. The second kappa shape index (κ2) is 9.87. The molecule has 3 N–H and O–H groups in total. The van der Waals surface area contributed by atoms with Gasteiger partial charge in [-0.2, -0.15) is 5.26 Å². The van der Waals surface area contributed by atoms with Crippen molar-refractivity contribution < 1.29 is 14.0 Å². The molecule has 1 aliphatic heterocycles. The molecule has 0 aromatic carbocycles. The lowest BCUT2D eigenvalue weighted by Gasteiger charge is -2.33. The Hall–Kier alpha value is -4.00. The number of carbonyl (C=O) groups is 2. The van der Waals surface area contributed by atoms with Gasteiger partial charge in [0.1, 0.15) is 17.9 Å². The number of nitriles is 1. The number of nitrogens with zero attached hydrogens (tertiary/aromatic N) is 5. The number of hydrogen-bond acceptors (Lipinski definition) is 6. The minimum atomic E-state index is -0.712. The maximum Gasteiger partial charge on any atom is 0.252 e. The monoisotopic (exact) mass is 437 g/mol. The van der Waals surface area contributed by atoms with Crippen LogP contribution >= 0.6 is 0 Å². The van der Waals surface area contributed by atoms with Crippen LogP contribution in [0.15, 0.2) is 53.6 Å². The van der Waals surface area contributed by atoms with Gasteiger partial charge in [0, 0.05) is 37.2 Å². The number of nitrogens with two attached hydrogens (primary N) is 1. The third-order valence-corrected chi connectivity index (χ3v) is 5.20. The zero-order valence-electron chi connectivity index (χ0n) is 17.7. The summed E-state index contributed by atoms with van der Waals surface area (Å²) in [4.78, 5) is 34.2. The number of aromatic nitrogens is 2. The second-order valence-electron chi connectivity index (χ2n) is 7.48. The standard InChI is InChI=1S/C22H24FN7O2/c1-14(28-17-4-3-9-29(13-17)21(31)7-8-24)18(22(25)32)10-26-15(2)19-11-27-20-6-5-16(23)12-30(19)20/h5-6,10-12,17,28H,1,3-4,7,9,13H2,2H3,(H2,25,32)/b18-10+,26-15?. The summed E-state index contributed by atoms with van der Waals surface area (Å²) in [6, 6.07) is 4.61. The summed E-state index contributed by atoms with van der Waals surface area (Å²) in [5.41, 5.74) is 7.54. The van der Waals surface area contributed by atoms with E-state index in [1.165, 1.54) is 18.5 Å². The fraction of sp³-hybridized carbons (Fsp3) is 0.318. The topological polar surface area (TPSA) is 129 Å². The first kappa shape index (κ1) is 22.7. The van der Waals surface area contributed by atoms with E-state index in [-0.39, 0.29) is 29.6 Å². The number of fused-ring (bicyclic) bond motifs is 1. The van der Waals surface area contributed by atoms with E-state index in [2.05, 4.69) is 21.9 Å². The van der Waals surface area contributed by atoms with Gasteiger partial charge in [-0.05, 0) is 31.9 Å².